The smallest absolute Gasteiger partial charge is 0.254 e. The van der Waals surface area contributed by atoms with Crippen LogP contribution in [0.3, 0.4) is 0 Å². The van der Waals surface area contributed by atoms with Gasteiger partial charge in [0, 0.05) is 36.8 Å². The number of amides is 2. The third kappa shape index (κ3) is 8.36. The maximum atomic E-state index is 13.6. The summed E-state index contributed by atoms with van der Waals surface area (Å²) in [6.45, 7) is 1.57. The topological polar surface area (TPSA) is 81.5 Å². The highest BCUT2D eigenvalue weighted by molar-refractivity contribution is 9.10. The maximum absolute atomic E-state index is 13.6. The van der Waals surface area contributed by atoms with Crippen molar-refractivity contribution in [1.29, 1.82) is 0 Å². The van der Waals surface area contributed by atoms with E-state index in [1.54, 1.807) is 61.7 Å². The van der Waals surface area contributed by atoms with Crippen molar-refractivity contribution in [3.63, 3.8) is 0 Å². The second kappa shape index (κ2) is 14.4. The second-order valence-electron chi connectivity index (χ2n) is 8.42. The van der Waals surface area contributed by atoms with Gasteiger partial charge >= 0.3 is 0 Å². The van der Waals surface area contributed by atoms with Crippen LogP contribution in [-0.4, -0.2) is 69.2 Å². The number of methoxy groups -OCH3 is 3. The summed E-state index contributed by atoms with van der Waals surface area (Å²) in [5, 5.41) is 0. The van der Waals surface area contributed by atoms with Crippen LogP contribution in [0.1, 0.15) is 28.1 Å². The molecule has 0 N–H and O–H groups in total. The Morgan fingerprint density at radius 3 is 2.41 bits per heavy atom. The van der Waals surface area contributed by atoms with E-state index in [1.165, 1.54) is 0 Å². The summed E-state index contributed by atoms with van der Waals surface area (Å²) in [5.41, 5.74) is 1.51. The fourth-order valence-corrected chi connectivity index (χ4v) is 4.30. The van der Waals surface area contributed by atoms with Crippen LogP contribution < -0.4 is 9.47 Å². The van der Waals surface area contributed by atoms with E-state index in [-0.39, 0.29) is 18.4 Å². The zero-order valence-corrected chi connectivity index (χ0v) is 23.0. The Bertz CT molecular complexity index is 1150. The molecule has 0 bridgehead atoms. The Balaban J connectivity index is 1.77. The first-order valence-corrected chi connectivity index (χ1v) is 12.8. The van der Waals surface area contributed by atoms with Crippen molar-refractivity contribution < 1.29 is 28.2 Å². The molecule has 0 aliphatic heterocycles. The molecule has 2 amide bonds. The molecule has 198 valence electrons. The molecule has 0 fully saturated rings. The van der Waals surface area contributed by atoms with Gasteiger partial charge < -0.3 is 28.4 Å². The van der Waals surface area contributed by atoms with Crippen molar-refractivity contribution in [3.05, 3.63) is 82.2 Å². The first kappa shape index (κ1) is 28.3. The molecule has 0 unspecified atom stereocenters. The van der Waals surface area contributed by atoms with Crippen LogP contribution in [-0.2, 0) is 22.5 Å². The molecule has 0 saturated heterocycles. The number of hydrogen-bond acceptors (Lipinski definition) is 6. The van der Waals surface area contributed by atoms with E-state index in [1.807, 2.05) is 30.3 Å². The van der Waals surface area contributed by atoms with E-state index >= 15 is 0 Å². The molecule has 3 rings (SSSR count). The zero-order valence-electron chi connectivity index (χ0n) is 21.4. The molecule has 37 heavy (non-hydrogen) atoms. The Morgan fingerprint density at radius 1 is 0.919 bits per heavy atom. The predicted molar refractivity (Wildman–Crippen MR) is 144 cm³/mol. The van der Waals surface area contributed by atoms with Gasteiger partial charge in [0.1, 0.15) is 12.3 Å². The largest absolute Gasteiger partial charge is 0.493 e. The molecule has 0 atom stereocenters. The number of ether oxygens (including phenoxy) is 3. The molecule has 0 aliphatic carbocycles. The van der Waals surface area contributed by atoms with E-state index in [2.05, 4.69) is 15.9 Å². The minimum Gasteiger partial charge on any atom is -0.493 e. The normalized spacial score (nSPS) is 10.7. The molecule has 2 aromatic carbocycles. The molecule has 3 aromatic rings. The Hall–Kier alpha value is -3.30. The lowest BCUT2D eigenvalue weighted by atomic mass is 10.1. The Labute approximate surface area is 226 Å². The first-order chi connectivity index (χ1) is 17.9. The SMILES string of the molecule is COCCCN(CC(=O)N(CCc1ccc(OC)c(OC)c1)Cc1ccco1)C(=O)c1cccc(Br)c1. The molecule has 8 nitrogen and oxygen atoms in total. The number of furan rings is 1. The van der Waals surface area contributed by atoms with Crippen molar-refractivity contribution >= 4 is 27.7 Å². The quantitative estimate of drug-likeness (QED) is 0.258. The van der Waals surface area contributed by atoms with Crippen molar-refractivity contribution in [2.75, 3.05) is 47.6 Å². The summed E-state index contributed by atoms with van der Waals surface area (Å²) < 4.78 is 22.2. The lowest BCUT2D eigenvalue weighted by Gasteiger charge is -2.27. The van der Waals surface area contributed by atoms with Gasteiger partial charge in [-0.25, -0.2) is 0 Å². The molecule has 9 heteroatoms. The fraction of sp³-hybridized carbons (Fsp3) is 0.357. The maximum Gasteiger partial charge on any atom is 0.254 e. The number of nitrogens with zero attached hydrogens (tertiary/aromatic N) is 2. The van der Waals surface area contributed by atoms with Crippen LogP contribution in [0.4, 0.5) is 0 Å². The van der Waals surface area contributed by atoms with Crippen molar-refractivity contribution in [3.8, 4) is 11.5 Å². The van der Waals surface area contributed by atoms with E-state index in [4.69, 9.17) is 18.6 Å². The number of carbonyl (C=O) groups is 2. The van der Waals surface area contributed by atoms with Crippen LogP contribution in [0.2, 0.25) is 0 Å². The molecule has 0 spiro atoms. The number of hydrogen-bond donors (Lipinski definition) is 0. The molecule has 1 aromatic heterocycles. The van der Waals surface area contributed by atoms with Gasteiger partial charge in [-0.1, -0.05) is 28.1 Å². The van der Waals surface area contributed by atoms with Gasteiger partial charge in [0.15, 0.2) is 11.5 Å². The molecule has 0 aliphatic rings. The molecule has 0 radical (unpaired) electrons. The zero-order chi connectivity index (χ0) is 26.6. The third-order valence-electron chi connectivity index (χ3n) is 5.86. The van der Waals surface area contributed by atoms with Gasteiger partial charge in [0.25, 0.3) is 5.91 Å². The minimum atomic E-state index is -0.205. The number of carbonyl (C=O) groups excluding carboxylic acids is 2. The Morgan fingerprint density at radius 2 is 1.73 bits per heavy atom. The minimum absolute atomic E-state index is 0.0539. The van der Waals surface area contributed by atoms with E-state index in [0.29, 0.717) is 61.9 Å². The van der Waals surface area contributed by atoms with Crippen LogP contribution >= 0.6 is 15.9 Å². The number of rotatable bonds is 14. The number of benzene rings is 2. The van der Waals surface area contributed by atoms with Crippen LogP contribution in [0, 0.1) is 0 Å². The van der Waals surface area contributed by atoms with Crippen LogP contribution in [0.25, 0.3) is 0 Å². The second-order valence-corrected chi connectivity index (χ2v) is 9.33. The average Bonchev–Trinajstić information content (AvgIpc) is 3.43. The monoisotopic (exact) mass is 572 g/mol. The van der Waals surface area contributed by atoms with Crippen LogP contribution in [0.5, 0.6) is 11.5 Å². The van der Waals surface area contributed by atoms with Gasteiger partial charge in [-0.05, 0) is 60.9 Å². The summed E-state index contributed by atoms with van der Waals surface area (Å²) in [7, 11) is 4.80. The fourth-order valence-electron chi connectivity index (χ4n) is 3.90. The van der Waals surface area contributed by atoms with Crippen LogP contribution in [0.15, 0.2) is 69.8 Å². The summed E-state index contributed by atoms with van der Waals surface area (Å²) in [6.07, 6.45) is 2.80. The third-order valence-corrected chi connectivity index (χ3v) is 6.35. The van der Waals surface area contributed by atoms with Gasteiger partial charge in [-0.15, -0.1) is 0 Å². The number of halogens is 1. The van der Waals surface area contributed by atoms with Gasteiger partial charge in [0.05, 0.1) is 27.0 Å². The van der Waals surface area contributed by atoms with E-state index in [0.717, 1.165) is 10.0 Å². The molecular weight excluding hydrogens is 540 g/mol. The summed E-state index contributed by atoms with van der Waals surface area (Å²) in [6, 6.07) is 16.5. The molecule has 0 saturated carbocycles. The lowest BCUT2D eigenvalue weighted by Crippen LogP contribution is -2.44. The predicted octanol–water partition coefficient (Wildman–Crippen LogP) is 4.81. The van der Waals surface area contributed by atoms with Crippen molar-refractivity contribution in [2.45, 2.75) is 19.4 Å². The standard InChI is InChI=1S/C28H33BrN2O6/c1-34-15-6-13-31(28(33)22-7-4-8-23(29)18-22)20-27(32)30(19-24-9-5-16-37-24)14-12-21-10-11-25(35-2)26(17-21)36-3/h4-5,7-11,16-18H,6,12-15,19-20H2,1-3H3. The summed E-state index contributed by atoms with van der Waals surface area (Å²) in [5.74, 6) is 1.58. The van der Waals surface area contributed by atoms with Gasteiger partial charge in [-0.3, -0.25) is 9.59 Å². The van der Waals surface area contributed by atoms with E-state index in [9.17, 15) is 9.59 Å². The molecular formula is C28H33BrN2O6. The summed E-state index contributed by atoms with van der Waals surface area (Å²) >= 11 is 3.42. The Kier molecular flexibility index (Phi) is 11.0. The summed E-state index contributed by atoms with van der Waals surface area (Å²) in [4.78, 5) is 30.2. The lowest BCUT2D eigenvalue weighted by molar-refractivity contribution is -0.132. The molecule has 1 heterocycles. The van der Waals surface area contributed by atoms with E-state index < -0.39 is 0 Å². The highest BCUT2D eigenvalue weighted by atomic mass is 79.9. The van der Waals surface area contributed by atoms with Gasteiger partial charge in [-0.2, -0.15) is 0 Å². The first-order valence-electron chi connectivity index (χ1n) is 12.0. The van der Waals surface area contributed by atoms with Crippen molar-refractivity contribution in [1.82, 2.24) is 9.80 Å². The average molecular weight is 573 g/mol. The van der Waals surface area contributed by atoms with Crippen molar-refractivity contribution in [2.24, 2.45) is 0 Å². The highest BCUT2D eigenvalue weighted by Crippen LogP contribution is 2.28. The highest BCUT2D eigenvalue weighted by Gasteiger charge is 2.23. The van der Waals surface area contributed by atoms with Gasteiger partial charge in [0.2, 0.25) is 5.91 Å².